The predicted molar refractivity (Wildman–Crippen MR) is 105 cm³/mol. The quantitative estimate of drug-likeness (QED) is 0.205. The molecule has 1 atom stereocenters. The molecule has 0 aromatic carbocycles. The summed E-state index contributed by atoms with van der Waals surface area (Å²) in [6.45, 7) is 2.26. The molecule has 152 valence electrons. The molecule has 0 aliphatic rings. The van der Waals surface area contributed by atoms with Gasteiger partial charge < -0.3 is 9.66 Å². The molecule has 0 fully saturated rings. The molecule has 4 nitrogen and oxygen atoms in total. The second-order valence-corrected chi connectivity index (χ2v) is 8.97. The molecular weight excluding hydrogens is 359 g/mol. The largest absolute Gasteiger partial charge is 1.00 e. The fraction of sp³-hybridized carbons (Fsp3) is 1.00. The van der Waals surface area contributed by atoms with Gasteiger partial charge in [0.2, 0.25) is 0 Å². The van der Waals surface area contributed by atoms with Gasteiger partial charge in [0, 0.05) is 5.75 Å². The Labute approximate surface area is 185 Å². The van der Waals surface area contributed by atoms with Crippen molar-refractivity contribution in [2.75, 3.05) is 5.75 Å². The van der Waals surface area contributed by atoms with E-state index in [4.69, 9.17) is 0 Å². The van der Waals surface area contributed by atoms with E-state index >= 15 is 0 Å². The van der Waals surface area contributed by atoms with Crippen molar-refractivity contribution in [2.45, 2.75) is 122 Å². The SMILES string of the molecule is CCCCCCCCCCCCCCCCCC(O)CCS(=O)(=O)[O-].[Na+]. The van der Waals surface area contributed by atoms with Crippen LogP contribution in [-0.4, -0.2) is 29.9 Å². The summed E-state index contributed by atoms with van der Waals surface area (Å²) in [5.41, 5.74) is 0. The van der Waals surface area contributed by atoms with Gasteiger partial charge in [-0.3, -0.25) is 0 Å². The number of hydrogen-bond acceptors (Lipinski definition) is 4. The van der Waals surface area contributed by atoms with Gasteiger partial charge in [0.15, 0.2) is 0 Å². The van der Waals surface area contributed by atoms with Gasteiger partial charge in [-0.25, -0.2) is 8.42 Å². The summed E-state index contributed by atoms with van der Waals surface area (Å²) in [4.78, 5) is 0. The zero-order valence-electron chi connectivity index (χ0n) is 17.4. The number of unbranched alkanes of at least 4 members (excludes halogenated alkanes) is 14. The minimum atomic E-state index is -4.19. The maximum absolute atomic E-state index is 10.5. The Morgan fingerprint density at radius 2 is 1.04 bits per heavy atom. The van der Waals surface area contributed by atoms with Crippen LogP contribution in [0.25, 0.3) is 0 Å². The molecule has 0 amide bonds. The van der Waals surface area contributed by atoms with Gasteiger partial charge in [-0.15, -0.1) is 0 Å². The fourth-order valence-electron chi connectivity index (χ4n) is 3.18. The van der Waals surface area contributed by atoms with Crippen molar-refractivity contribution in [2.24, 2.45) is 0 Å². The smallest absolute Gasteiger partial charge is 0.748 e. The Kier molecular flexibility index (Phi) is 23.0. The predicted octanol–water partition coefficient (Wildman–Crippen LogP) is 2.55. The molecule has 0 aromatic heterocycles. The number of hydrogen-bond donors (Lipinski definition) is 1. The van der Waals surface area contributed by atoms with Crippen LogP contribution in [0.2, 0.25) is 0 Å². The first-order valence-electron chi connectivity index (χ1n) is 10.6. The van der Waals surface area contributed by atoms with E-state index in [1.165, 1.54) is 83.5 Å². The van der Waals surface area contributed by atoms with Crippen LogP contribution < -0.4 is 29.6 Å². The normalized spacial score (nSPS) is 12.7. The molecule has 0 saturated heterocycles. The molecule has 1 N–H and O–H groups in total. The van der Waals surface area contributed by atoms with Gasteiger partial charge in [0.1, 0.15) is 0 Å². The van der Waals surface area contributed by atoms with E-state index in [1.54, 1.807) is 0 Å². The summed E-state index contributed by atoms with van der Waals surface area (Å²) in [6, 6.07) is 0. The molecule has 6 heteroatoms. The van der Waals surface area contributed by atoms with Crippen molar-refractivity contribution < 1.29 is 47.6 Å². The van der Waals surface area contributed by atoms with Crippen molar-refractivity contribution in [1.82, 2.24) is 0 Å². The minimum absolute atomic E-state index is 0. The second kappa shape index (κ2) is 20.6. The average molecular weight is 401 g/mol. The first-order chi connectivity index (χ1) is 12.0. The summed E-state index contributed by atoms with van der Waals surface area (Å²) in [7, 11) is -4.19. The Morgan fingerprint density at radius 1 is 0.692 bits per heavy atom. The average Bonchev–Trinajstić information content (AvgIpc) is 2.56. The van der Waals surface area contributed by atoms with Crippen molar-refractivity contribution in [3.63, 3.8) is 0 Å². The van der Waals surface area contributed by atoms with Gasteiger partial charge in [0.25, 0.3) is 0 Å². The van der Waals surface area contributed by atoms with Crippen molar-refractivity contribution >= 4 is 10.1 Å². The van der Waals surface area contributed by atoms with Gasteiger partial charge in [-0.1, -0.05) is 103 Å². The zero-order chi connectivity index (χ0) is 18.8. The Balaban J connectivity index is 0. The maximum atomic E-state index is 10.5. The third-order valence-electron chi connectivity index (χ3n) is 4.84. The molecule has 0 radical (unpaired) electrons. The van der Waals surface area contributed by atoms with Gasteiger partial charge in [-0.2, -0.15) is 0 Å². The van der Waals surface area contributed by atoms with Gasteiger partial charge in [0.05, 0.1) is 16.2 Å². The second-order valence-electron chi connectivity index (χ2n) is 7.44. The first-order valence-corrected chi connectivity index (χ1v) is 12.1. The number of aliphatic hydroxyl groups excluding tert-OH is 1. The molecule has 26 heavy (non-hydrogen) atoms. The topological polar surface area (TPSA) is 77.4 Å². The van der Waals surface area contributed by atoms with E-state index in [0.717, 1.165) is 12.8 Å². The molecule has 0 saturated carbocycles. The molecule has 0 bridgehead atoms. The summed E-state index contributed by atoms with van der Waals surface area (Å²) < 4.78 is 31.4. The molecular formula is C20H41NaO4S. The molecule has 0 aromatic rings. The summed E-state index contributed by atoms with van der Waals surface area (Å²) in [5.74, 6) is -0.451. The molecule has 0 spiro atoms. The Bertz CT molecular complexity index is 374. The molecule has 0 aliphatic heterocycles. The van der Waals surface area contributed by atoms with Gasteiger partial charge >= 0.3 is 29.6 Å². The van der Waals surface area contributed by atoms with Crippen molar-refractivity contribution in [3.8, 4) is 0 Å². The third kappa shape index (κ3) is 24.9. The van der Waals surface area contributed by atoms with Crippen LogP contribution in [-0.2, 0) is 10.1 Å². The monoisotopic (exact) mass is 400 g/mol. The molecule has 0 aliphatic carbocycles. The number of rotatable bonds is 19. The van der Waals surface area contributed by atoms with Crippen LogP contribution in [0.3, 0.4) is 0 Å². The first kappa shape index (κ1) is 29.1. The summed E-state index contributed by atoms with van der Waals surface area (Å²) in [5, 5.41) is 9.61. The van der Waals surface area contributed by atoms with Crippen LogP contribution in [0.5, 0.6) is 0 Å². The Hall–Kier alpha value is 0.870. The van der Waals surface area contributed by atoms with Crippen molar-refractivity contribution in [3.05, 3.63) is 0 Å². The van der Waals surface area contributed by atoms with Crippen LogP contribution >= 0.6 is 0 Å². The molecule has 0 rings (SSSR count). The van der Waals surface area contributed by atoms with E-state index in [1.807, 2.05) is 0 Å². The fourth-order valence-corrected chi connectivity index (χ4v) is 3.74. The summed E-state index contributed by atoms with van der Waals surface area (Å²) >= 11 is 0. The van der Waals surface area contributed by atoms with Crippen LogP contribution in [0.4, 0.5) is 0 Å². The van der Waals surface area contributed by atoms with Crippen LogP contribution in [0, 0.1) is 0 Å². The van der Waals surface area contributed by atoms with E-state index in [0.29, 0.717) is 6.42 Å². The van der Waals surface area contributed by atoms with Crippen LogP contribution in [0.15, 0.2) is 0 Å². The van der Waals surface area contributed by atoms with E-state index < -0.39 is 22.0 Å². The Morgan fingerprint density at radius 3 is 1.38 bits per heavy atom. The zero-order valence-corrected chi connectivity index (χ0v) is 20.2. The van der Waals surface area contributed by atoms with E-state index in [2.05, 4.69) is 6.92 Å². The van der Waals surface area contributed by atoms with E-state index in [9.17, 15) is 18.1 Å². The summed E-state index contributed by atoms with van der Waals surface area (Å²) in [6.07, 6.45) is 19.6. The number of aliphatic hydroxyl groups is 1. The van der Waals surface area contributed by atoms with Crippen LogP contribution in [0.1, 0.15) is 116 Å². The van der Waals surface area contributed by atoms with Gasteiger partial charge in [-0.05, 0) is 12.8 Å². The van der Waals surface area contributed by atoms with E-state index in [-0.39, 0.29) is 36.0 Å². The maximum Gasteiger partial charge on any atom is 1.00 e. The minimum Gasteiger partial charge on any atom is -0.748 e. The third-order valence-corrected chi connectivity index (χ3v) is 5.58. The molecule has 0 heterocycles. The standard InChI is InChI=1S/C20H42O4S.Na/c1-2-3-4-5-6-7-8-9-10-11-12-13-14-15-16-17-20(21)18-19-25(22,23)24;/h20-21H,2-19H2,1H3,(H,22,23,24);/q;+1/p-1. The van der Waals surface area contributed by atoms with Crippen molar-refractivity contribution in [1.29, 1.82) is 0 Å². The molecule has 1 unspecified atom stereocenters.